The Morgan fingerprint density at radius 3 is 2.48 bits per heavy atom. The lowest BCUT2D eigenvalue weighted by atomic mass is 9.93. The van der Waals surface area contributed by atoms with Crippen LogP contribution >= 0.6 is 0 Å². The lowest BCUT2D eigenvalue weighted by Gasteiger charge is -2.32. The molecular weight excluding hydrogens is 336 g/mol. The molecule has 27 heavy (non-hydrogen) atoms. The lowest BCUT2D eigenvalue weighted by molar-refractivity contribution is -0.129. The molecule has 4 nitrogen and oxygen atoms in total. The Hall–Kier alpha value is -2.88. The van der Waals surface area contributed by atoms with Gasteiger partial charge in [0.15, 0.2) is 0 Å². The second kappa shape index (κ2) is 8.67. The van der Waals surface area contributed by atoms with Gasteiger partial charge in [0, 0.05) is 25.6 Å². The molecule has 3 rings (SSSR count). The molecule has 1 heterocycles. The maximum Gasteiger partial charge on any atom is 0.223 e. The Morgan fingerprint density at radius 1 is 1.07 bits per heavy atom. The number of nitrogens with one attached hydrogen (secondary N) is 1. The minimum Gasteiger partial charge on any atom is -0.355 e. The summed E-state index contributed by atoms with van der Waals surface area (Å²) in [6.45, 7) is 4.26. The maximum atomic E-state index is 12.7. The van der Waals surface area contributed by atoms with Crippen LogP contribution in [0.1, 0.15) is 55.3 Å². The molecule has 2 aromatic rings. The monoisotopic (exact) mass is 362 g/mol. The molecule has 2 amide bonds. The molecular formula is C23H26N2O2. The van der Waals surface area contributed by atoms with Crippen LogP contribution in [-0.2, 0) is 9.59 Å². The van der Waals surface area contributed by atoms with Gasteiger partial charge in [0.25, 0.3) is 0 Å². The zero-order valence-corrected chi connectivity index (χ0v) is 15.9. The van der Waals surface area contributed by atoms with Crippen LogP contribution in [-0.4, -0.2) is 23.3 Å². The van der Waals surface area contributed by atoms with Crippen molar-refractivity contribution in [2.45, 2.75) is 38.6 Å². The summed E-state index contributed by atoms with van der Waals surface area (Å²) in [7, 11) is 0. The summed E-state index contributed by atoms with van der Waals surface area (Å²) in [6, 6.07) is 17.9. The second-order valence-electron chi connectivity index (χ2n) is 6.91. The van der Waals surface area contributed by atoms with Crippen LogP contribution in [0.3, 0.4) is 0 Å². The van der Waals surface area contributed by atoms with Gasteiger partial charge in [-0.25, -0.2) is 0 Å². The molecule has 4 heteroatoms. The molecule has 1 aliphatic rings. The molecule has 0 aromatic heterocycles. The van der Waals surface area contributed by atoms with Gasteiger partial charge < -0.3 is 10.2 Å². The van der Waals surface area contributed by atoms with Crippen molar-refractivity contribution in [3.8, 4) is 0 Å². The van der Waals surface area contributed by atoms with Gasteiger partial charge in [0.05, 0.1) is 12.5 Å². The van der Waals surface area contributed by atoms with E-state index in [4.69, 9.17) is 0 Å². The fourth-order valence-electron chi connectivity index (χ4n) is 3.62. The first-order chi connectivity index (χ1) is 13.1. The molecule has 0 fully saturated rings. The Balaban J connectivity index is 1.68. The molecule has 0 spiro atoms. The number of hydrogen-bond acceptors (Lipinski definition) is 2. The van der Waals surface area contributed by atoms with Gasteiger partial charge in [-0.15, -0.1) is 0 Å². The summed E-state index contributed by atoms with van der Waals surface area (Å²) in [5, 5.41) is 3.07. The van der Waals surface area contributed by atoms with E-state index in [0.29, 0.717) is 6.54 Å². The molecule has 2 atom stereocenters. The van der Waals surface area contributed by atoms with Crippen LogP contribution in [0.2, 0.25) is 0 Å². The van der Waals surface area contributed by atoms with Crippen molar-refractivity contribution in [3.05, 3.63) is 77.5 Å². The molecule has 140 valence electrons. The van der Waals surface area contributed by atoms with Crippen LogP contribution in [0.15, 0.2) is 60.8 Å². The highest BCUT2D eigenvalue weighted by Gasteiger charge is 2.28. The number of nitrogens with zero attached hydrogens (tertiary/aromatic N) is 1. The summed E-state index contributed by atoms with van der Waals surface area (Å²) < 4.78 is 0. The average Bonchev–Trinajstić information content (AvgIpc) is 2.69. The van der Waals surface area contributed by atoms with Crippen molar-refractivity contribution in [2.75, 3.05) is 6.54 Å². The zero-order valence-electron chi connectivity index (χ0n) is 15.9. The maximum absolute atomic E-state index is 12.7. The molecule has 0 radical (unpaired) electrons. The minimum absolute atomic E-state index is 0.0364. The molecule has 1 N–H and O–H groups in total. The second-order valence-corrected chi connectivity index (χ2v) is 6.91. The van der Waals surface area contributed by atoms with Gasteiger partial charge in [-0.1, -0.05) is 61.5 Å². The Labute approximate surface area is 160 Å². The summed E-state index contributed by atoms with van der Waals surface area (Å²) in [5.41, 5.74) is 3.31. The van der Waals surface area contributed by atoms with Gasteiger partial charge in [-0.05, 0) is 29.2 Å². The van der Waals surface area contributed by atoms with Crippen molar-refractivity contribution in [2.24, 2.45) is 0 Å². The third-order valence-electron chi connectivity index (χ3n) is 5.16. The van der Waals surface area contributed by atoms with E-state index in [1.807, 2.05) is 48.5 Å². The number of hydrogen-bond donors (Lipinski definition) is 1. The molecule has 0 saturated heterocycles. The van der Waals surface area contributed by atoms with Crippen molar-refractivity contribution in [1.82, 2.24) is 10.2 Å². The van der Waals surface area contributed by atoms with Crippen LogP contribution in [0.25, 0.3) is 6.08 Å². The number of rotatable bonds is 6. The molecule has 0 saturated carbocycles. The zero-order chi connectivity index (χ0) is 19.2. The standard InChI is InChI=1S/C23H26N2O2/c1-3-18(19-9-5-4-6-10-19)16-24-23(27)15-22-21-12-8-7-11-20(21)13-14-25(22)17(2)26/h4-14,18,22H,3,15-16H2,1-2H3,(H,24,27)/t18-,22-/m1/s1. The van der Waals surface area contributed by atoms with E-state index in [1.54, 1.807) is 11.1 Å². The van der Waals surface area contributed by atoms with Crippen molar-refractivity contribution in [3.63, 3.8) is 0 Å². The smallest absolute Gasteiger partial charge is 0.223 e. The number of amides is 2. The van der Waals surface area contributed by atoms with E-state index in [9.17, 15) is 9.59 Å². The highest BCUT2D eigenvalue weighted by atomic mass is 16.2. The average molecular weight is 362 g/mol. The molecule has 1 aliphatic heterocycles. The summed E-state index contributed by atoms with van der Waals surface area (Å²) >= 11 is 0. The summed E-state index contributed by atoms with van der Waals surface area (Å²) in [6.07, 6.45) is 4.92. The SMILES string of the molecule is CC[C@H](CNC(=O)C[C@@H]1c2ccccc2C=CN1C(C)=O)c1ccccc1. The van der Waals surface area contributed by atoms with E-state index in [1.165, 1.54) is 12.5 Å². The predicted molar refractivity (Wildman–Crippen MR) is 108 cm³/mol. The fraction of sp³-hybridized carbons (Fsp3) is 0.304. The van der Waals surface area contributed by atoms with Crippen molar-refractivity contribution >= 4 is 17.9 Å². The molecule has 0 unspecified atom stereocenters. The van der Waals surface area contributed by atoms with Crippen LogP contribution in [0.5, 0.6) is 0 Å². The van der Waals surface area contributed by atoms with Gasteiger partial charge >= 0.3 is 0 Å². The first-order valence-electron chi connectivity index (χ1n) is 9.47. The molecule has 2 aromatic carbocycles. The van der Waals surface area contributed by atoms with E-state index in [-0.39, 0.29) is 30.2 Å². The predicted octanol–water partition coefficient (Wildman–Crippen LogP) is 4.26. The normalized spacial score (nSPS) is 16.5. The summed E-state index contributed by atoms with van der Waals surface area (Å²) in [4.78, 5) is 26.4. The number of benzene rings is 2. The number of carbonyl (C=O) groups is 2. The van der Waals surface area contributed by atoms with Gasteiger partial charge in [0.1, 0.15) is 0 Å². The van der Waals surface area contributed by atoms with Crippen LogP contribution in [0, 0.1) is 0 Å². The third kappa shape index (κ3) is 4.45. The minimum atomic E-state index is -0.263. The Kier molecular flexibility index (Phi) is 6.07. The lowest BCUT2D eigenvalue weighted by Crippen LogP contribution is -2.36. The first kappa shape index (κ1) is 18.9. The third-order valence-corrected chi connectivity index (χ3v) is 5.16. The Bertz CT molecular complexity index is 829. The topological polar surface area (TPSA) is 49.4 Å². The number of fused-ring (bicyclic) bond motifs is 1. The molecule has 0 bridgehead atoms. The fourth-order valence-corrected chi connectivity index (χ4v) is 3.62. The van der Waals surface area contributed by atoms with E-state index >= 15 is 0 Å². The molecule has 0 aliphatic carbocycles. The largest absolute Gasteiger partial charge is 0.355 e. The summed E-state index contributed by atoms with van der Waals surface area (Å²) in [5.74, 6) is 0.192. The highest BCUT2D eigenvalue weighted by Crippen LogP contribution is 2.32. The highest BCUT2D eigenvalue weighted by molar-refractivity contribution is 5.81. The van der Waals surface area contributed by atoms with Crippen molar-refractivity contribution < 1.29 is 9.59 Å². The van der Waals surface area contributed by atoms with Gasteiger partial charge in [0.2, 0.25) is 11.8 Å². The van der Waals surface area contributed by atoms with Gasteiger partial charge in [-0.3, -0.25) is 9.59 Å². The van der Waals surface area contributed by atoms with Crippen LogP contribution in [0.4, 0.5) is 0 Å². The number of carbonyl (C=O) groups excluding carboxylic acids is 2. The van der Waals surface area contributed by atoms with E-state index < -0.39 is 0 Å². The van der Waals surface area contributed by atoms with Crippen molar-refractivity contribution in [1.29, 1.82) is 0 Å². The quantitative estimate of drug-likeness (QED) is 0.835. The van der Waals surface area contributed by atoms with E-state index in [0.717, 1.165) is 17.5 Å². The first-order valence-corrected chi connectivity index (χ1v) is 9.47. The Morgan fingerprint density at radius 2 is 1.78 bits per heavy atom. The van der Waals surface area contributed by atoms with Gasteiger partial charge in [-0.2, -0.15) is 0 Å². The van der Waals surface area contributed by atoms with Crippen LogP contribution < -0.4 is 5.32 Å². The van der Waals surface area contributed by atoms with E-state index in [2.05, 4.69) is 24.4 Å².